The van der Waals surface area contributed by atoms with Crippen LogP contribution in [0.3, 0.4) is 0 Å². The van der Waals surface area contributed by atoms with E-state index in [-0.39, 0.29) is 17.9 Å². The molecule has 7 heteroatoms. The molecule has 6 nitrogen and oxygen atoms in total. The Morgan fingerprint density at radius 2 is 2.06 bits per heavy atom. The number of hydrogen-bond acceptors (Lipinski definition) is 5. The van der Waals surface area contributed by atoms with Crippen LogP contribution in [0.4, 0.5) is 0 Å². The fourth-order valence-corrected chi connectivity index (χ4v) is 5.28. The summed E-state index contributed by atoms with van der Waals surface area (Å²) in [7, 11) is 3.57. The van der Waals surface area contributed by atoms with Crippen molar-refractivity contribution in [1.82, 2.24) is 14.8 Å². The van der Waals surface area contributed by atoms with E-state index >= 15 is 0 Å². The number of thiophene rings is 1. The number of amides is 2. The second kappa shape index (κ2) is 11.8. The van der Waals surface area contributed by atoms with E-state index in [9.17, 15) is 9.59 Å². The highest BCUT2D eigenvalue weighted by atomic mass is 32.1. The Hall–Kier alpha value is -3.45. The Kier molecular flexibility index (Phi) is 8.32. The van der Waals surface area contributed by atoms with Crippen molar-refractivity contribution >= 4 is 29.2 Å². The maximum atomic E-state index is 13.2. The number of benzene rings is 1. The van der Waals surface area contributed by atoms with Crippen molar-refractivity contribution in [3.63, 3.8) is 0 Å². The molecule has 0 aliphatic carbocycles. The minimum atomic E-state index is 0.0133. The van der Waals surface area contributed by atoms with E-state index < -0.39 is 0 Å². The van der Waals surface area contributed by atoms with Gasteiger partial charge in [-0.1, -0.05) is 18.2 Å². The molecule has 4 rings (SSSR count). The standard InChI is InChI=1S/C28H31N3O3S/c1-30(28(33)24-12-16-35-20-24)26(18-22-5-3-7-25(17-22)34-2)23-10-14-31(15-11-23)27(32)9-8-21-6-4-13-29-19-21/h3-9,12-13,16-17,19-20,23,26H,10-11,14-15,18H2,1-2H3/b9-8+/t26-/m1/s1. The van der Waals surface area contributed by atoms with Gasteiger partial charge < -0.3 is 14.5 Å². The van der Waals surface area contributed by atoms with Gasteiger partial charge in [0.25, 0.3) is 5.91 Å². The molecule has 3 heterocycles. The third-order valence-corrected chi connectivity index (χ3v) is 7.35. The summed E-state index contributed by atoms with van der Waals surface area (Å²) in [6, 6.07) is 13.7. The normalized spacial score (nSPS) is 15.2. The summed E-state index contributed by atoms with van der Waals surface area (Å²) in [5.41, 5.74) is 2.76. The molecule has 1 fully saturated rings. The fraction of sp³-hybridized carbons (Fsp3) is 0.321. The lowest BCUT2D eigenvalue weighted by Crippen LogP contribution is -2.48. The van der Waals surface area contributed by atoms with Gasteiger partial charge in [0.05, 0.1) is 12.7 Å². The number of likely N-dealkylation sites (tertiary alicyclic amines) is 1. The van der Waals surface area contributed by atoms with Crippen LogP contribution in [0.15, 0.2) is 71.7 Å². The van der Waals surface area contributed by atoms with Gasteiger partial charge in [-0.05, 0) is 72.0 Å². The maximum Gasteiger partial charge on any atom is 0.254 e. The fourth-order valence-electron chi connectivity index (χ4n) is 4.65. The molecule has 1 atom stereocenters. The molecule has 2 amide bonds. The molecule has 35 heavy (non-hydrogen) atoms. The second-order valence-corrected chi connectivity index (χ2v) is 9.61. The number of carbonyl (C=O) groups is 2. The number of likely N-dealkylation sites (N-methyl/N-ethyl adjacent to an activating group) is 1. The summed E-state index contributed by atoms with van der Waals surface area (Å²) in [5.74, 6) is 1.16. The molecule has 1 saturated heterocycles. The monoisotopic (exact) mass is 489 g/mol. The number of rotatable bonds is 8. The van der Waals surface area contributed by atoms with E-state index in [2.05, 4.69) is 11.1 Å². The van der Waals surface area contributed by atoms with Gasteiger partial charge in [0.2, 0.25) is 5.91 Å². The lowest BCUT2D eigenvalue weighted by Gasteiger charge is -2.40. The Morgan fingerprint density at radius 1 is 1.23 bits per heavy atom. The Labute approximate surface area is 210 Å². The molecule has 0 saturated carbocycles. The van der Waals surface area contributed by atoms with Crippen molar-refractivity contribution in [3.8, 4) is 5.75 Å². The van der Waals surface area contributed by atoms with Crippen LogP contribution in [-0.4, -0.2) is 59.9 Å². The smallest absolute Gasteiger partial charge is 0.254 e. The van der Waals surface area contributed by atoms with Crippen LogP contribution in [0.25, 0.3) is 6.08 Å². The molecular formula is C28H31N3O3S. The quantitative estimate of drug-likeness (QED) is 0.427. The first-order chi connectivity index (χ1) is 17.0. The van der Waals surface area contributed by atoms with Gasteiger partial charge >= 0.3 is 0 Å². The topological polar surface area (TPSA) is 62.7 Å². The minimum absolute atomic E-state index is 0.0133. The van der Waals surface area contributed by atoms with Crippen LogP contribution >= 0.6 is 11.3 Å². The average Bonchev–Trinajstić information content (AvgIpc) is 3.45. The van der Waals surface area contributed by atoms with Crippen LogP contribution in [-0.2, 0) is 11.2 Å². The zero-order valence-corrected chi connectivity index (χ0v) is 21.0. The van der Waals surface area contributed by atoms with Gasteiger partial charge in [-0.2, -0.15) is 11.3 Å². The van der Waals surface area contributed by atoms with Crippen LogP contribution in [0.5, 0.6) is 5.75 Å². The van der Waals surface area contributed by atoms with E-state index in [1.54, 1.807) is 31.7 Å². The molecule has 0 radical (unpaired) electrons. The van der Waals surface area contributed by atoms with E-state index in [0.29, 0.717) is 19.0 Å². The number of piperidine rings is 1. The van der Waals surface area contributed by atoms with E-state index in [1.165, 1.54) is 11.3 Å². The summed E-state index contributed by atoms with van der Waals surface area (Å²) in [5, 5.41) is 3.83. The van der Waals surface area contributed by atoms with Crippen LogP contribution in [0.2, 0.25) is 0 Å². The predicted molar refractivity (Wildman–Crippen MR) is 139 cm³/mol. The molecule has 0 unspecified atom stereocenters. The van der Waals surface area contributed by atoms with Crippen molar-refractivity contribution in [2.45, 2.75) is 25.3 Å². The first kappa shape index (κ1) is 24.7. The van der Waals surface area contributed by atoms with Crippen molar-refractivity contribution in [2.75, 3.05) is 27.2 Å². The van der Waals surface area contributed by atoms with Crippen molar-refractivity contribution in [1.29, 1.82) is 0 Å². The third-order valence-electron chi connectivity index (χ3n) is 6.66. The Balaban J connectivity index is 1.45. The molecule has 0 spiro atoms. The lowest BCUT2D eigenvalue weighted by atomic mass is 9.84. The van der Waals surface area contributed by atoms with E-state index in [1.807, 2.05) is 64.0 Å². The molecular weight excluding hydrogens is 458 g/mol. The van der Waals surface area contributed by atoms with Gasteiger partial charge in [-0.15, -0.1) is 0 Å². The number of methoxy groups -OCH3 is 1. The SMILES string of the molecule is COc1cccc(C[C@H](C2CCN(C(=O)/C=C/c3cccnc3)CC2)N(C)C(=O)c2ccsc2)c1. The summed E-state index contributed by atoms with van der Waals surface area (Å²) >= 11 is 1.53. The van der Waals surface area contributed by atoms with Gasteiger partial charge in [0.15, 0.2) is 0 Å². The Bertz CT molecular complexity index is 1140. The third kappa shape index (κ3) is 6.36. The summed E-state index contributed by atoms with van der Waals surface area (Å²) in [6.07, 6.45) is 9.32. The zero-order chi connectivity index (χ0) is 24.6. The molecule has 182 valence electrons. The van der Waals surface area contributed by atoms with Crippen LogP contribution in [0.1, 0.15) is 34.3 Å². The van der Waals surface area contributed by atoms with Crippen LogP contribution < -0.4 is 4.74 Å². The molecule has 2 aromatic heterocycles. The molecule has 1 aliphatic heterocycles. The lowest BCUT2D eigenvalue weighted by molar-refractivity contribution is -0.127. The molecule has 0 N–H and O–H groups in total. The van der Waals surface area contributed by atoms with Crippen molar-refractivity contribution < 1.29 is 14.3 Å². The summed E-state index contributed by atoms with van der Waals surface area (Å²) in [6.45, 7) is 1.35. The second-order valence-electron chi connectivity index (χ2n) is 8.83. The number of aromatic nitrogens is 1. The first-order valence-corrected chi connectivity index (χ1v) is 12.8. The van der Waals surface area contributed by atoms with Gasteiger partial charge in [-0.3, -0.25) is 14.6 Å². The van der Waals surface area contributed by atoms with Gasteiger partial charge in [-0.25, -0.2) is 0 Å². The number of pyridine rings is 1. The maximum absolute atomic E-state index is 13.2. The first-order valence-electron chi connectivity index (χ1n) is 11.8. The number of nitrogens with zero attached hydrogens (tertiary/aromatic N) is 3. The number of carbonyl (C=O) groups excluding carboxylic acids is 2. The van der Waals surface area contributed by atoms with Gasteiger partial charge in [0, 0.05) is 50.0 Å². The molecule has 1 aliphatic rings. The summed E-state index contributed by atoms with van der Waals surface area (Å²) < 4.78 is 5.41. The molecule has 0 bridgehead atoms. The Morgan fingerprint density at radius 3 is 2.74 bits per heavy atom. The molecule has 1 aromatic carbocycles. The number of hydrogen-bond donors (Lipinski definition) is 0. The van der Waals surface area contributed by atoms with Crippen molar-refractivity contribution in [3.05, 3.63) is 88.4 Å². The van der Waals surface area contributed by atoms with E-state index in [0.717, 1.165) is 41.7 Å². The zero-order valence-electron chi connectivity index (χ0n) is 20.2. The summed E-state index contributed by atoms with van der Waals surface area (Å²) in [4.78, 5) is 33.8. The highest BCUT2D eigenvalue weighted by molar-refractivity contribution is 7.08. The average molecular weight is 490 g/mol. The highest BCUT2D eigenvalue weighted by Crippen LogP contribution is 2.28. The van der Waals surface area contributed by atoms with E-state index in [4.69, 9.17) is 4.74 Å². The highest BCUT2D eigenvalue weighted by Gasteiger charge is 2.33. The van der Waals surface area contributed by atoms with Crippen molar-refractivity contribution in [2.24, 2.45) is 5.92 Å². The molecule has 3 aromatic rings. The predicted octanol–water partition coefficient (Wildman–Crippen LogP) is 4.79. The minimum Gasteiger partial charge on any atom is -0.497 e. The van der Waals surface area contributed by atoms with Gasteiger partial charge in [0.1, 0.15) is 5.75 Å². The largest absolute Gasteiger partial charge is 0.497 e. The van der Waals surface area contributed by atoms with Crippen LogP contribution in [0, 0.1) is 5.92 Å². The number of ether oxygens (including phenoxy) is 1.